The number of rotatable bonds is 8. The summed E-state index contributed by atoms with van der Waals surface area (Å²) in [5.74, 6) is 1.70. The molecule has 1 N–H and O–H groups in total. The topological polar surface area (TPSA) is 34.2 Å². The lowest BCUT2D eigenvalue weighted by molar-refractivity contribution is 0.340. The monoisotopic (exact) mass is 236 g/mol. The first-order valence-corrected chi connectivity index (χ1v) is 6.62. The average Bonchev–Trinajstić information content (AvgIpc) is 2.32. The first-order valence-electron chi connectivity index (χ1n) is 6.62. The summed E-state index contributed by atoms with van der Waals surface area (Å²) in [7, 11) is 0. The molecule has 0 radical (unpaired) electrons. The van der Waals surface area contributed by atoms with E-state index < -0.39 is 0 Å². The summed E-state index contributed by atoms with van der Waals surface area (Å²) in [4.78, 5) is 4.33. The third-order valence-corrected chi connectivity index (χ3v) is 2.69. The number of aromatic nitrogens is 1. The highest BCUT2D eigenvalue weighted by molar-refractivity contribution is 5.49. The Morgan fingerprint density at radius 1 is 1.35 bits per heavy atom. The predicted molar refractivity (Wildman–Crippen MR) is 72.6 cm³/mol. The second kappa shape index (κ2) is 7.93. The zero-order valence-corrected chi connectivity index (χ0v) is 11.2. The van der Waals surface area contributed by atoms with Crippen LogP contribution in [0.5, 0.6) is 5.75 Å². The fraction of sp³-hybridized carbons (Fsp3) is 0.643. The molecule has 3 heteroatoms. The number of nitrogens with one attached hydrogen (secondary N) is 1. The lowest BCUT2D eigenvalue weighted by Gasteiger charge is -2.16. The van der Waals surface area contributed by atoms with Crippen molar-refractivity contribution >= 4 is 5.82 Å². The largest absolute Gasteiger partial charge is 0.490 e. The second-order valence-corrected chi connectivity index (χ2v) is 4.32. The van der Waals surface area contributed by atoms with Crippen molar-refractivity contribution in [3.05, 3.63) is 18.3 Å². The third-order valence-electron chi connectivity index (χ3n) is 2.69. The van der Waals surface area contributed by atoms with Gasteiger partial charge in [0.15, 0.2) is 11.6 Å². The number of pyridine rings is 1. The number of anilines is 1. The Balaban J connectivity index is 2.48. The highest BCUT2D eigenvalue weighted by Gasteiger charge is 2.07. The van der Waals surface area contributed by atoms with Crippen molar-refractivity contribution < 1.29 is 4.74 Å². The lowest BCUT2D eigenvalue weighted by atomic mass is 10.1. The molecule has 1 heterocycles. The third kappa shape index (κ3) is 5.07. The Morgan fingerprint density at radius 3 is 2.88 bits per heavy atom. The highest BCUT2D eigenvalue weighted by Crippen LogP contribution is 2.22. The number of hydrogen-bond acceptors (Lipinski definition) is 3. The van der Waals surface area contributed by atoms with E-state index in [2.05, 4.69) is 24.1 Å². The summed E-state index contributed by atoms with van der Waals surface area (Å²) >= 11 is 0. The van der Waals surface area contributed by atoms with Crippen LogP contribution >= 0.6 is 0 Å². The highest BCUT2D eigenvalue weighted by atomic mass is 16.5. The molecule has 0 amide bonds. The molecule has 96 valence electrons. The summed E-state index contributed by atoms with van der Waals surface area (Å²) in [5.41, 5.74) is 0. The van der Waals surface area contributed by atoms with Gasteiger partial charge < -0.3 is 10.1 Å². The van der Waals surface area contributed by atoms with Gasteiger partial charge in [-0.3, -0.25) is 0 Å². The predicted octanol–water partition coefficient (Wildman–Crippen LogP) is 3.86. The molecule has 0 saturated carbocycles. The smallest absolute Gasteiger partial charge is 0.168 e. The van der Waals surface area contributed by atoms with Crippen molar-refractivity contribution in [1.82, 2.24) is 4.98 Å². The van der Waals surface area contributed by atoms with Gasteiger partial charge in [0.2, 0.25) is 0 Å². The first kappa shape index (κ1) is 13.8. The molecule has 0 saturated heterocycles. The molecule has 0 aliphatic heterocycles. The summed E-state index contributed by atoms with van der Waals surface area (Å²) in [5, 5.41) is 3.42. The van der Waals surface area contributed by atoms with Crippen molar-refractivity contribution in [2.45, 2.75) is 52.5 Å². The zero-order chi connectivity index (χ0) is 12.5. The Morgan fingerprint density at radius 2 is 2.18 bits per heavy atom. The Bertz CT molecular complexity index is 315. The summed E-state index contributed by atoms with van der Waals surface area (Å²) in [6.45, 7) is 7.08. The van der Waals surface area contributed by atoms with Gasteiger partial charge in [-0.2, -0.15) is 0 Å². The number of hydrogen-bond donors (Lipinski definition) is 1. The van der Waals surface area contributed by atoms with E-state index in [1.54, 1.807) is 6.20 Å². The minimum atomic E-state index is 0.440. The van der Waals surface area contributed by atoms with Crippen molar-refractivity contribution in [3.8, 4) is 5.75 Å². The molecule has 17 heavy (non-hydrogen) atoms. The van der Waals surface area contributed by atoms with E-state index in [1.807, 2.05) is 19.1 Å². The van der Waals surface area contributed by atoms with Crippen LogP contribution in [0, 0.1) is 0 Å². The molecule has 1 atom stereocenters. The van der Waals surface area contributed by atoms with Crippen LogP contribution < -0.4 is 10.1 Å². The van der Waals surface area contributed by atoms with Crippen LogP contribution in [0.25, 0.3) is 0 Å². The number of unbranched alkanes of at least 4 members (excludes halogenated alkanes) is 2. The van der Waals surface area contributed by atoms with E-state index in [0.717, 1.165) is 11.6 Å². The number of nitrogens with zero attached hydrogens (tertiary/aromatic N) is 1. The summed E-state index contributed by atoms with van der Waals surface area (Å²) in [6.07, 6.45) is 6.80. The molecule has 1 aromatic heterocycles. The standard InChI is InChI=1S/C14H24N2O/c1-4-6-7-9-12(3)16-14-13(17-5-2)10-8-11-15-14/h8,10-12H,4-7,9H2,1-3H3,(H,15,16). The Hall–Kier alpha value is -1.25. The van der Waals surface area contributed by atoms with Crippen LogP contribution in [-0.4, -0.2) is 17.6 Å². The van der Waals surface area contributed by atoms with E-state index >= 15 is 0 Å². The molecule has 1 aromatic rings. The van der Waals surface area contributed by atoms with Gasteiger partial charge in [0.1, 0.15) is 0 Å². The van der Waals surface area contributed by atoms with Gasteiger partial charge in [0, 0.05) is 12.2 Å². The van der Waals surface area contributed by atoms with E-state index in [0.29, 0.717) is 12.6 Å². The van der Waals surface area contributed by atoms with E-state index in [1.165, 1.54) is 25.7 Å². The minimum Gasteiger partial charge on any atom is -0.490 e. The van der Waals surface area contributed by atoms with Crippen LogP contribution in [0.3, 0.4) is 0 Å². The molecule has 0 bridgehead atoms. The summed E-state index contributed by atoms with van der Waals surface area (Å²) in [6, 6.07) is 4.30. The maximum absolute atomic E-state index is 5.54. The molecule has 0 aromatic carbocycles. The molecular weight excluding hydrogens is 212 g/mol. The Kier molecular flexibility index (Phi) is 6.45. The van der Waals surface area contributed by atoms with Gasteiger partial charge in [0.05, 0.1) is 6.61 Å². The second-order valence-electron chi connectivity index (χ2n) is 4.32. The van der Waals surface area contributed by atoms with E-state index in [-0.39, 0.29) is 0 Å². The molecular formula is C14H24N2O. The SMILES string of the molecule is CCCCCC(C)Nc1ncccc1OCC. The van der Waals surface area contributed by atoms with Gasteiger partial charge in [0.25, 0.3) is 0 Å². The number of ether oxygens (including phenoxy) is 1. The fourth-order valence-electron chi connectivity index (χ4n) is 1.78. The molecule has 0 aliphatic rings. The molecule has 1 rings (SSSR count). The van der Waals surface area contributed by atoms with E-state index in [4.69, 9.17) is 4.74 Å². The van der Waals surface area contributed by atoms with Crippen LogP contribution in [0.2, 0.25) is 0 Å². The maximum Gasteiger partial charge on any atom is 0.168 e. The van der Waals surface area contributed by atoms with Gasteiger partial charge in [-0.05, 0) is 32.4 Å². The maximum atomic E-state index is 5.54. The van der Waals surface area contributed by atoms with Crippen molar-refractivity contribution in [2.75, 3.05) is 11.9 Å². The van der Waals surface area contributed by atoms with Crippen LogP contribution in [0.4, 0.5) is 5.82 Å². The fourth-order valence-corrected chi connectivity index (χ4v) is 1.78. The molecule has 1 unspecified atom stereocenters. The summed E-state index contributed by atoms with van der Waals surface area (Å²) < 4.78 is 5.54. The van der Waals surface area contributed by atoms with Crippen molar-refractivity contribution in [3.63, 3.8) is 0 Å². The average molecular weight is 236 g/mol. The van der Waals surface area contributed by atoms with Gasteiger partial charge in [-0.1, -0.05) is 26.2 Å². The van der Waals surface area contributed by atoms with Crippen LogP contribution in [-0.2, 0) is 0 Å². The molecule has 0 spiro atoms. The van der Waals surface area contributed by atoms with E-state index in [9.17, 15) is 0 Å². The van der Waals surface area contributed by atoms with Gasteiger partial charge in [-0.25, -0.2) is 4.98 Å². The first-order chi connectivity index (χ1) is 8.27. The molecule has 0 fully saturated rings. The quantitative estimate of drug-likeness (QED) is 0.696. The molecule has 0 aliphatic carbocycles. The van der Waals surface area contributed by atoms with Crippen LogP contribution in [0.1, 0.15) is 46.5 Å². The van der Waals surface area contributed by atoms with Crippen molar-refractivity contribution in [2.24, 2.45) is 0 Å². The molecule has 3 nitrogen and oxygen atoms in total. The van der Waals surface area contributed by atoms with Gasteiger partial charge >= 0.3 is 0 Å². The van der Waals surface area contributed by atoms with Crippen molar-refractivity contribution in [1.29, 1.82) is 0 Å². The normalized spacial score (nSPS) is 12.2. The minimum absolute atomic E-state index is 0.440. The zero-order valence-electron chi connectivity index (χ0n) is 11.2. The van der Waals surface area contributed by atoms with Crippen LogP contribution in [0.15, 0.2) is 18.3 Å². The Labute approximate surface area is 105 Å². The van der Waals surface area contributed by atoms with Gasteiger partial charge in [-0.15, -0.1) is 0 Å². The lowest BCUT2D eigenvalue weighted by Crippen LogP contribution is -2.16.